The van der Waals surface area contributed by atoms with Crippen LogP contribution >= 0.6 is 0 Å². The second kappa shape index (κ2) is 6.41. The van der Waals surface area contributed by atoms with Crippen LogP contribution in [0.4, 0.5) is 0 Å². The molecule has 1 rings (SSSR count). The fraction of sp³-hybridized carbons (Fsp3) is 0.818. The minimum atomic E-state index is -0.196. The van der Waals surface area contributed by atoms with Gasteiger partial charge in [0.15, 0.2) is 0 Å². The summed E-state index contributed by atoms with van der Waals surface area (Å²) in [5.41, 5.74) is 0. The molecule has 4 nitrogen and oxygen atoms in total. The highest BCUT2D eigenvalue weighted by atomic mass is 16.2. The summed E-state index contributed by atoms with van der Waals surface area (Å²) in [5, 5.41) is 11.7. The van der Waals surface area contributed by atoms with Crippen molar-refractivity contribution in [3.8, 4) is 6.07 Å². The van der Waals surface area contributed by atoms with Crippen molar-refractivity contribution < 1.29 is 4.79 Å². The smallest absolute Gasteiger partial charge is 0.236 e. The maximum absolute atomic E-state index is 11.7. The van der Waals surface area contributed by atoms with Crippen LogP contribution in [0.15, 0.2) is 0 Å². The van der Waals surface area contributed by atoms with E-state index in [9.17, 15) is 4.79 Å². The molecule has 1 amide bonds. The van der Waals surface area contributed by atoms with E-state index in [4.69, 9.17) is 5.26 Å². The first kappa shape index (κ1) is 12.0. The first-order chi connectivity index (χ1) is 7.27. The third-order valence-electron chi connectivity index (χ3n) is 2.77. The third kappa shape index (κ3) is 3.88. The molecule has 0 radical (unpaired) electrons. The monoisotopic (exact) mass is 209 g/mol. The number of piperidine rings is 1. The first-order valence-corrected chi connectivity index (χ1v) is 5.68. The Bertz CT molecular complexity index is 241. The molecule has 1 fully saturated rings. The number of hydrogen-bond acceptors (Lipinski definition) is 3. The molecule has 1 unspecified atom stereocenters. The zero-order chi connectivity index (χ0) is 11.1. The van der Waals surface area contributed by atoms with Crippen LogP contribution in [-0.4, -0.2) is 36.5 Å². The van der Waals surface area contributed by atoms with E-state index in [0.29, 0.717) is 6.54 Å². The van der Waals surface area contributed by atoms with E-state index >= 15 is 0 Å². The Balaban J connectivity index is 2.25. The standard InChI is InChI=1S/C11H19N3O/c1-2-10(8-12)13-9-11(15)14-6-4-3-5-7-14/h10,13H,2-7,9H2,1H3. The van der Waals surface area contributed by atoms with Crippen molar-refractivity contribution in [1.29, 1.82) is 5.26 Å². The van der Waals surface area contributed by atoms with Crippen molar-refractivity contribution in [3.63, 3.8) is 0 Å². The molecule has 4 heteroatoms. The SMILES string of the molecule is CCC(C#N)NCC(=O)N1CCCCC1. The number of rotatable bonds is 4. The third-order valence-corrected chi connectivity index (χ3v) is 2.77. The van der Waals surface area contributed by atoms with Crippen molar-refractivity contribution in [1.82, 2.24) is 10.2 Å². The highest BCUT2D eigenvalue weighted by molar-refractivity contribution is 5.78. The van der Waals surface area contributed by atoms with Gasteiger partial charge in [0.2, 0.25) is 5.91 Å². The average Bonchev–Trinajstić information content (AvgIpc) is 2.31. The van der Waals surface area contributed by atoms with Crippen LogP contribution in [0.2, 0.25) is 0 Å². The van der Waals surface area contributed by atoms with Gasteiger partial charge in [-0.1, -0.05) is 6.92 Å². The molecule has 0 aromatic rings. The maximum Gasteiger partial charge on any atom is 0.236 e. The Morgan fingerprint density at radius 3 is 2.67 bits per heavy atom. The summed E-state index contributed by atoms with van der Waals surface area (Å²) in [7, 11) is 0. The number of nitriles is 1. The molecule has 0 spiro atoms. The molecule has 0 saturated carbocycles. The summed E-state index contributed by atoms with van der Waals surface area (Å²) < 4.78 is 0. The fourth-order valence-corrected chi connectivity index (χ4v) is 1.75. The molecule has 0 aromatic carbocycles. The van der Waals surface area contributed by atoms with Gasteiger partial charge in [-0.25, -0.2) is 0 Å². The Morgan fingerprint density at radius 2 is 2.13 bits per heavy atom. The maximum atomic E-state index is 11.7. The quantitative estimate of drug-likeness (QED) is 0.748. The summed E-state index contributed by atoms with van der Waals surface area (Å²) >= 11 is 0. The zero-order valence-corrected chi connectivity index (χ0v) is 9.33. The number of nitrogens with one attached hydrogen (secondary N) is 1. The van der Waals surface area contributed by atoms with Gasteiger partial charge in [0.25, 0.3) is 0 Å². The van der Waals surface area contributed by atoms with Crippen LogP contribution in [0.1, 0.15) is 32.6 Å². The molecule has 1 heterocycles. The summed E-state index contributed by atoms with van der Waals surface area (Å²) in [6.07, 6.45) is 4.19. The molecular formula is C11H19N3O. The molecule has 15 heavy (non-hydrogen) atoms. The van der Waals surface area contributed by atoms with Gasteiger partial charge in [-0.3, -0.25) is 10.1 Å². The van der Waals surface area contributed by atoms with Crippen molar-refractivity contribution in [2.45, 2.75) is 38.6 Å². The number of likely N-dealkylation sites (tertiary alicyclic amines) is 1. The van der Waals surface area contributed by atoms with E-state index in [0.717, 1.165) is 32.4 Å². The molecule has 1 saturated heterocycles. The first-order valence-electron chi connectivity index (χ1n) is 5.68. The molecule has 0 aliphatic carbocycles. The fourth-order valence-electron chi connectivity index (χ4n) is 1.75. The van der Waals surface area contributed by atoms with Gasteiger partial charge in [0, 0.05) is 13.1 Å². The Morgan fingerprint density at radius 1 is 1.47 bits per heavy atom. The van der Waals surface area contributed by atoms with E-state index in [2.05, 4.69) is 11.4 Å². The van der Waals surface area contributed by atoms with Crippen LogP contribution in [-0.2, 0) is 4.79 Å². The van der Waals surface area contributed by atoms with E-state index in [1.165, 1.54) is 6.42 Å². The lowest BCUT2D eigenvalue weighted by molar-refractivity contribution is -0.131. The van der Waals surface area contributed by atoms with Crippen molar-refractivity contribution in [3.05, 3.63) is 0 Å². The van der Waals surface area contributed by atoms with Crippen LogP contribution in [0.3, 0.4) is 0 Å². The lowest BCUT2D eigenvalue weighted by Crippen LogP contribution is -2.43. The van der Waals surface area contributed by atoms with E-state index < -0.39 is 0 Å². The predicted octanol–water partition coefficient (Wildman–Crippen LogP) is 0.891. The highest BCUT2D eigenvalue weighted by Crippen LogP contribution is 2.08. The van der Waals surface area contributed by atoms with Gasteiger partial charge in [0.05, 0.1) is 18.7 Å². The molecule has 1 aliphatic heterocycles. The summed E-state index contributed by atoms with van der Waals surface area (Å²) in [5.74, 6) is 0.128. The highest BCUT2D eigenvalue weighted by Gasteiger charge is 2.16. The van der Waals surface area contributed by atoms with Crippen LogP contribution in [0, 0.1) is 11.3 Å². The summed E-state index contributed by atoms with van der Waals surface area (Å²) in [4.78, 5) is 13.6. The Kier molecular flexibility index (Phi) is 5.13. The van der Waals surface area contributed by atoms with Gasteiger partial charge in [-0.05, 0) is 25.7 Å². The summed E-state index contributed by atoms with van der Waals surface area (Å²) in [6, 6.07) is 1.93. The topological polar surface area (TPSA) is 56.1 Å². The van der Waals surface area contributed by atoms with Gasteiger partial charge in [-0.15, -0.1) is 0 Å². The van der Waals surface area contributed by atoms with E-state index in [-0.39, 0.29) is 11.9 Å². The predicted molar refractivity (Wildman–Crippen MR) is 58.1 cm³/mol. The largest absolute Gasteiger partial charge is 0.342 e. The summed E-state index contributed by atoms with van der Waals surface area (Å²) in [6.45, 7) is 3.99. The number of carbonyl (C=O) groups excluding carboxylic acids is 1. The van der Waals surface area contributed by atoms with Gasteiger partial charge < -0.3 is 4.90 Å². The molecule has 84 valence electrons. The zero-order valence-electron chi connectivity index (χ0n) is 9.33. The minimum Gasteiger partial charge on any atom is -0.342 e. The number of nitrogens with zero attached hydrogens (tertiary/aromatic N) is 2. The Labute approximate surface area is 91.2 Å². The van der Waals surface area contributed by atoms with Gasteiger partial charge in [0.1, 0.15) is 0 Å². The molecule has 0 bridgehead atoms. The van der Waals surface area contributed by atoms with Crippen LogP contribution in [0.25, 0.3) is 0 Å². The second-order valence-electron chi connectivity index (χ2n) is 3.91. The van der Waals surface area contributed by atoms with Crippen molar-refractivity contribution in [2.75, 3.05) is 19.6 Å². The average molecular weight is 209 g/mol. The number of hydrogen-bond donors (Lipinski definition) is 1. The Hall–Kier alpha value is -1.08. The van der Waals surface area contributed by atoms with Crippen LogP contribution < -0.4 is 5.32 Å². The van der Waals surface area contributed by atoms with Crippen molar-refractivity contribution >= 4 is 5.91 Å². The normalized spacial score (nSPS) is 18.3. The van der Waals surface area contributed by atoms with Crippen LogP contribution in [0.5, 0.6) is 0 Å². The van der Waals surface area contributed by atoms with Gasteiger partial charge >= 0.3 is 0 Å². The lowest BCUT2D eigenvalue weighted by Gasteiger charge is -2.27. The van der Waals surface area contributed by atoms with E-state index in [1.807, 2.05) is 11.8 Å². The lowest BCUT2D eigenvalue weighted by atomic mass is 10.1. The number of amides is 1. The molecule has 0 aromatic heterocycles. The van der Waals surface area contributed by atoms with Crippen molar-refractivity contribution in [2.24, 2.45) is 0 Å². The minimum absolute atomic E-state index is 0.128. The molecule has 1 aliphatic rings. The molecule has 1 atom stereocenters. The second-order valence-corrected chi connectivity index (χ2v) is 3.91. The molecule has 1 N–H and O–H groups in total. The van der Waals surface area contributed by atoms with Gasteiger partial charge in [-0.2, -0.15) is 5.26 Å². The number of carbonyl (C=O) groups is 1. The van der Waals surface area contributed by atoms with E-state index in [1.54, 1.807) is 0 Å². The molecular weight excluding hydrogens is 190 g/mol.